The molecule has 0 saturated heterocycles. The average Bonchev–Trinajstić information content (AvgIpc) is 2.74. The molecule has 0 atom stereocenters. The predicted octanol–water partition coefficient (Wildman–Crippen LogP) is 3.76. The number of carbonyl (C=O) groups is 1. The van der Waals surface area contributed by atoms with Crippen molar-refractivity contribution in [1.29, 1.82) is 0 Å². The number of rotatable bonds is 7. The minimum atomic E-state index is -0.406. The van der Waals surface area contributed by atoms with Crippen LogP contribution in [-0.2, 0) is 6.61 Å². The van der Waals surface area contributed by atoms with Crippen molar-refractivity contribution in [2.24, 2.45) is 5.10 Å². The number of methoxy groups -OCH3 is 1. The molecule has 0 spiro atoms. The number of amides is 1. The number of hydrogen-bond acceptors (Lipinski definition) is 5. The molecule has 0 aliphatic carbocycles. The van der Waals surface area contributed by atoms with E-state index in [0.717, 1.165) is 0 Å². The summed E-state index contributed by atoms with van der Waals surface area (Å²) in [7, 11) is 1.51. The highest BCUT2D eigenvalue weighted by molar-refractivity contribution is 5.99. The summed E-state index contributed by atoms with van der Waals surface area (Å²) in [5.74, 6) is 0.194. The van der Waals surface area contributed by atoms with Crippen molar-refractivity contribution in [3.05, 3.63) is 89.2 Å². The summed E-state index contributed by atoms with van der Waals surface area (Å²) in [6.45, 7) is 0.0744. The monoisotopic (exact) mass is 393 g/mol. The van der Waals surface area contributed by atoms with E-state index in [-0.39, 0.29) is 12.4 Å². The van der Waals surface area contributed by atoms with Crippen LogP contribution in [0.2, 0.25) is 0 Å². The number of nitrogens with one attached hydrogen (secondary N) is 1. The van der Waals surface area contributed by atoms with Gasteiger partial charge in [0, 0.05) is 11.3 Å². The third-order valence-electron chi connectivity index (χ3n) is 4.11. The van der Waals surface area contributed by atoms with Crippen LogP contribution in [0.1, 0.15) is 21.5 Å². The van der Waals surface area contributed by atoms with Crippen LogP contribution in [-0.4, -0.2) is 19.2 Å². The largest absolute Gasteiger partial charge is 0.493 e. The SMILES string of the molecule is COc1cc(/C=N/NC(=O)c2ccccc2N)ccc1OCc1ccccc1F. The Bertz CT molecular complexity index is 1040. The Hall–Kier alpha value is -3.87. The topological polar surface area (TPSA) is 85.9 Å². The molecule has 0 saturated carbocycles. The number of para-hydroxylation sites is 1. The summed E-state index contributed by atoms with van der Waals surface area (Å²) in [5.41, 5.74) is 10.1. The van der Waals surface area contributed by atoms with Crippen LogP contribution in [0.4, 0.5) is 10.1 Å². The molecule has 0 bridgehead atoms. The van der Waals surface area contributed by atoms with Crippen molar-refractivity contribution in [2.45, 2.75) is 6.61 Å². The van der Waals surface area contributed by atoms with E-state index in [1.165, 1.54) is 19.4 Å². The first kappa shape index (κ1) is 19.9. The lowest BCUT2D eigenvalue weighted by atomic mass is 10.2. The van der Waals surface area contributed by atoms with Gasteiger partial charge in [-0.1, -0.05) is 30.3 Å². The Morgan fingerprint density at radius 1 is 1.10 bits per heavy atom. The lowest BCUT2D eigenvalue weighted by molar-refractivity contribution is 0.0956. The molecule has 148 valence electrons. The van der Waals surface area contributed by atoms with Gasteiger partial charge in [0.25, 0.3) is 5.91 Å². The summed E-state index contributed by atoms with van der Waals surface area (Å²) in [6, 6.07) is 18.3. The quantitative estimate of drug-likeness (QED) is 0.364. The number of ether oxygens (including phenoxy) is 2. The molecule has 0 radical (unpaired) electrons. The van der Waals surface area contributed by atoms with Crippen LogP contribution in [0.3, 0.4) is 0 Å². The van der Waals surface area contributed by atoms with Gasteiger partial charge in [0.15, 0.2) is 11.5 Å². The molecule has 29 heavy (non-hydrogen) atoms. The smallest absolute Gasteiger partial charge is 0.273 e. The maximum absolute atomic E-state index is 13.7. The van der Waals surface area contributed by atoms with Crippen molar-refractivity contribution < 1.29 is 18.7 Å². The predicted molar refractivity (Wildman–Crippen MR) is 110 cm³/mol. The van der Waals surface area contributed by atoms with E-state index in [1.807, 2.05) is 0 Å². The molecule has 0 aliphatic rings. The van der Waals surface area contributed by atoms with Gasteiger partial charge in [0.05, 0.1) is 18.9 Å². The maximum Gasteiger partial charge on any atom is 0.273 e. The molecular weight excluding hydrogens is 373 g/mol. The standard InChI is InChI=1S/C22H20FN3O3/c1-28-21-12-15(13-25-26-22(27)17-7-3-5-9-19(17)24)10-11-20(21)29-14-16-6-2-4-8-18(16)23/h2-13H,14,24H2,1H3,(H,26,27)/b25-13+. The second-order valence-electron chi connectivity index (χ2n) is 6.08. The van der Waals surface area contributed by atoms with Gasteiger partial charge in [-0.2, -0.15) is 5.10 Å². The second kappa shape index (κ2) is 9.36. The Kier molecular flexibility index (Phi) is 6.42. The van der Waals surface area contributed by atoms with Gasteiger partial charge in [-0.05, 0) is 42.0 Å². The van der Waals surface area contributed by atoms with Gasteiger partial charge in [-0.15, -0.1) is 0 Å². The number of nitrogens with zero attached hydrogens (tertiary/aromatic N) is 1. The summed E-state index contributed by atoms with van der Waals surface area (Å²) >= 11 is 0. The average molecular weight is 393 g/mol. The summed E-state index contributed by atoms with van der Waals surface area (Å²) in [4.78, 5) is 12.1. The van der Waals surface area contributed by atoms with Crippen LogP contribution in [0.5, 0.6) is 11.5 Å². The van der Waals surface area contributed by atoms with E-state index in [2.05, 4.69) is 10.5 Å². The molecule has 7 heteroatoms. The fraction of sp³-hybridized carbons (Fsp3) is 0.0909. The van der Waals surface area contributed by atoms with Crippen LogP contribution in [0.25, 0.3) is 0 Å². The Morgan fingerprint density at radius 2 is 1.86 bits per heavy atom. The van der Waals surface area contributed by atoms with Crippen molar-refractivity contribution in [3.63, 3.8) is 0 Å². The zero-order valence-corrected chi connectivity index (χ0v) is 15.8. The molecule has 6 nitrogen and oxygen atoms in total. The van der Waals surface area contributed by atoms with E-state index < -0.39 is 5.91 Å². The number of nitrogens with two attached hydrogens (primary N) is 1. The van der Waals surface area contributed by atoms with Crippen molar-refractivity contribution in [1.82, 2.24) is 5.43 Å². The first-order valence-electron chi connectivity index (χ1n) is 8.80. The summed E-state index contributed by atoms with van der Waals surface area (Å²) in [5, 5.41) is 3.94. The summed E-state index contributed by atoms with van der Waals surface area (Å²) < 4.78 is 24.7. The number of halogens is 1. The molecule has 0 unspecified atom stereocenters. The van der Waals surface area contributed by atoms with E-state index in [4.69, 9.17) is 15.2 Å². The molecule has 0 aromatic heterocycles. The van der Waals surface area contributed by atoms with E-state index in [1.54, 1.807) is 60.7 Å². The minimum absolute atomic E-state index is 0.0744. The molecule has 3 aromatic carbocycles. The normalized spacial score (nSPS) is 10.7. The van der Waals surface area contributed by atoms with Crippen molar-refractivity contribution >= 4 is 17.8 Å². The number of carbonyl (C=O) groups excluding carboxylic acids is 1. The first-order valence-corrected chi connectivity index (χ1v) is 8.80. The van der Waals surface area contributed by atoms with Crippen LogP contribution >= 0.6 is 0 Å². The van der Waals surface area contributed by atoms with Gasteiger partial charge in [0.1, 0.15) is 12.4 Å². The number of hydrazone groups is 1. The van der Waals surface area contributed by atoms with Crippen LogP contribution < -0.4 is 20.6 Å². The van der Waals surface area contributed by atoms with Crippen LogP contribution in [0, 0.1) is 5.82 Å². The molecule has 0 aliphatic heterocycles. The number of benzene rings is 3. The van der Waals surface area contributed by atoms with E-state index >= 15 is 0 Å². The highest BCUT2D eigenvalue weighted by Gasteiger charge is 2.09. The molecule has 3 N–H and O–H groups in total. The molecule has 0 fully saturated rings. The minimum Gasteiger partial charge on any atom is -0.493 e. The lowest BCUT2D eigenvalue weighted by Gasteiger charge is -2.11. The second-order valence-corrected chi connectivity index (χ2v) is 6.08. The van der Waals surface area contributed by atoms with Gasteiger partial charge in [0.2, 0.25) is 0 Å². The molecule has 0 heterocycles. The third kappa shape index (κ3) is 5.10. The highest BCUT2D eigenvalue weighted by Crippen LogP contribution is 2.28. The van der Waals surface area contributed by atoms with Crippen LogP contribution in [0.15, 0.2) is 71.8 Å². The zero-order chi connectivity index (χ0) is 20.6. The Balaban J connectivity index is 1.65. The fourth-order valence-electron chi connectivity index (χ4n) is 2.58. The lowest BCUT2D eigenvalue weighted by Crippen LogP contribution is -2.19. The van der Waals surface area contributed by atoms with Gasteiger partial charge < -0.3 is 15.2 Å². The van der Waals surface area contributed by atoms with E-state index in [0.29, 0.717) is 33.9 Å². The van der Waals surface area contributed by atoms with Gasteiger partial charge in [-0.3, -0.25) is 4.79 Å². The van der Waals surface area contributed by atoms with Gasteiger partial charge >= 0.3 is 0 Å². The Labute approximate surface area is 167 Å². The molecule has 3 rings (SSSR count). The number of hydrogen-bond donors (Lipinski definition) is 2. The Morgan fingerprint density at radius 3 is 2.62 bits per heavy atom. The maximum atomic E-state index is 13.7. The zero-order valence-electron chi connectivity index (χ0n) is 15.8. The molecular formula is C22H20FN3O3. The van der Waals surface area contributed by atoms with Crippen molar-refractivity contribution in [3.8, 4) is 11.5 Å². The van der Waals surface area contributed by atoms with E-state index in [9.17, 15) is 9.18 Å². The first-order chi connectivity index (χ1) is 14.1. The highest BCUT2D eigenvalue weighted by atomic mass is 19.1. The summed E-state index contributed by atoms with van der Waals surface area (Å²) in [6.07, 6.45) is 1.47. The third-order valence-corrected chi connectivity index (χ3v) is 4.11. The fourth-order valence-corrected chi connectivity index (χ4v) is 2.58. The molecule has 1 amide bonds. The number of nitrogen functional groups attached to an aromatic ring is 1. The number of anilines is 1. The van der Waals surface area contributed by atoms with Gasteiger partial charge in [-0.25, -0.2) is 9.82 Å². The molecule has 3 aromatic rings. The van der Waals surface area contributed by atoms with Crippen molar-refractivity contribution in [2.75, 3.05) is 12.8 Å².